The second-order valence-corrected chi connectivity index (χ2v) is 4.52. The minimum Gasteiger partial charge on any atom is -0.310 e. The predicted molar refractivity (Wildman–Crippen MR) is 71.7 cm³/mol. The average Bonchev–Trinajstić information content (AvgIpc) is 2.35. The molecule has 1 N–H and O–H groups in total. The number of nitrogens with one attached hydrogen (secondary N) is 1. The monoisotopic (exact) mass is 219 g/mol. The second-order valence-electron chi connectivity index (χ2n) is 4.52. The molecule has 0 aliphatic rings. The van der Waals surface area contributed by atoms with Gasteiger partial charge in [0.2, 0.25) is 0 Å². The van der Waals surface area contributed by atoms with Gasteiger partial charge in [0.15, 0.2) is 0 Å². The number of hydrogen-bond donors (Lipinski definition) is 1. The minimum atomic E-state index is 0.501. The van der Waals surface area contributed by atoms with Crippen LogP contribution in [0.25, 0.3) is 0 Å². The van der Waals surface area contributed by atoms with Crippen molar-refractivity contribution in [1.82, 2.24) is 5.32 Å². The molecule has 0 aromatic heterocycles. The maximum Gasteiger partial charge on any atom is 0.0345 e. The lowest BCUT2D eigenvalue weighted by atomic mass is 9.92. The standard InChI is InChI=1S/C15H25N/c1-5-12(4)15(16-7-3)14-10-8-13(6-2)9-11-14/h8-12,15-16H,5-7H2,1-4H3. The Morgan fingerprint density at radius 2 is 1.69 bits per heavy atom. The first-order valence-corrected chi connectivity index (χ1v) is 6.55. The number of benzene rings is 1. The van der Waals surface area contributed by atoms with Gasteiger partial charge < -0.3 is 5.32 Å². The third-order valence-corrected chi connectivity index (χ3v) is 3.38. The molecule has 90 valence electrons. The molecule has 0 aliphatic carbocycles. The second kappa shape index (κ2) is 6.70. The summed E-state index contributed by atoms with van der Waals surface area (Å²) in [4.78, 5) is 0. The molecule has 1 aromatic rings. The highest BCUT2D eigenvalue weighted by molar-refractivity contribution is 5.25. The van der Waals surface area contributed by atoms with E-state index >= 15 is 0 Å². The zero-order valence-electron chi connectivity index (χ0n) is 11.1. The molecule has 0 bridgehead atoms. The largest absolute Gasteiger partial charge is 0.310 e. The lowest BCUT2D eigenvalue weighted by Gasteiger charge is -2.24. The molecule has 1 nitrogen and oxygen atoms in total. The lowest BCUT2D eigenvalue weighted by molar-refractivity contribution is 0.384. The molecule has 1 heteroatoms. The van der Waals surface area contributed by atoms with E-state index < -0.39 is 0 Å². The van der Waals surface area contributed by atoms with Gasteiger partial charge in [-0.05, 0) is 30.0 Å². The minimum absolute atomic E-state index is 0.501. The molecule has 16 heavy (non-hydrogen) atoms. The quantitative estimate of drug-likeness (QED) is 0.764. The molecule has 1 aromatic carbocycles. The van der Waals surface area contributed by atoms with Crippen molar-refractivity contribution >= 4 is 0 Å². The van der Waals surface area contributed by atoms with Gasteiger partial charge in [-0.1, -0.05) is 58.4 Å². The van der Waals surface area contributed by atoms with Gasteiger partial charge in [0.05, 0.1) is 0 Å². The van der Waals surface area contributed by atoms with Gasteiger partial charge in [-0.25, -0.2) is 0 Å². The Morgan fingerprint density at radius 1 is 1.06 bits per heavy atom. The number of aryl methyl sites for hydroxylation is 1. The van der Waals surface area contributed by atoms with Crippen molar-refractivity contribution in [2.75, 3.05) is 6.54 Å². The van der Waals surface area contributed by atoms with Gasteiger partial charge in [0.25, 0.3) is 0 Å². The van der Waals surface area contributed by atoms with E-state index in [-0.39, 0.29) is 0 Å². The van der Waals surface area contributed by atoms with Crippen molar-refractivity contribution < 1.29 is 0 Å². The van der Waals surface area contributed by atoms with Crippen LogP contribution in [0.5, 0.6) is 0 Å². The highest BCUT2D eigenvalue weighted by Crippen LogP contribution is 2.24. The van der Waals surface area contributed by atoms with E-state index in [4.69, 9.17) is 0 Å². The molecule has 2 unspecified atom stereocenters. The van der Waals surface area contributed by atoms with Crippen LogP contribution in [0.3, 0.4) is 0 Å². The summed E-state index contributed by atoms with van der Waals surface area (Å²) in [5.41, 5.74) is 2.84. The van der Waals surface area contributed by atoms with Crippen LogP contribution in [-0.4, -0.2) is 6.54 Å². The van der Waals surface area contributed by atoms with E-state index in [0.717, 1.165) is 13.0 Å². The molecular formula is C15H25N. The van der Waals surface area contributed by atoms with Crippen molar-refractivity contribution in [3.8, 4) is 0 Å². The first-order valence-electron chi connectivity index (χ1n) is 6.55. The Hall–Kier alpha value is -0.820. The molecule has 0 amide bonds. The first kappa shape index (κ1) is 13.2. The molecule has 0 saturated heterocycles. The topological polar surface area (TPSA) is 12.0 Å². The van der Waals surface area contributed by atoms with Crippen LogP contribution in [0.2, 0.25) is 0 Å². The van der Waals surface area contributed by atoms with Crippen LogP contribution >= 0.6 is 0 Å². The van der Waals surface area contributed by atoms with Gasteiger partial charge >= 0.3 is 0 Å². The Morgan fingerprint density at radius 3 is 2.12 bits per heavy atom. The highest BCUT2D eigenvalue weighted by Gasteiger charge is 2.16. The van der Waals surface area contributed by atoms with Crippen LogP contribution in [0.4, 0.5) is 0 Å². The van der Waals surface area contributed by atoms with Crippen LogP contribution in [0.15, 0.2) is 24.3 Å². The van der Waals surface area contributed by atoms with Crippen LogP contribution in [0.1, 0.15) is 51.3 Å². The smallest absolute Gasteiger partial charge is 0.0345 e. The zero-order chi connectivity index (χ0) is 12.0. The third kappa shape index (κ3) is 3.34. The molecule has 0 saturated carbocycles. The molecule has 0 aliphatic heterocycles. The van der Waals surface area contributed by atoms with Gasteiger partial charge in [0, 0.05) is 6.04 Å². The summed E-state index contributed by atoms with van der Waals surface area (Å²) in [6.07, 6.45) is 2.34. The molecule has 0 radical (unpaired) electrons. The van der Waals surface area contributed by atoms with Crippen LogP contribution in [0, 0.1) is 5.92 Å². The number of rotatable bonds is 6. The normalized spacial score (nSPS) is 14.8. The maximum atomic E-state index is 3.59. The third-order valence-electron chi connectivity index (χ3n) is 3.38. The van der Waals surface area contributed by atoms with Crippen molar-refractivity contribution in [2.45, 2.75) is 46.6 Å². The van der Waals surface area contributed by atoms with Crippen LogP contribution in [-0.2, 0) is 6.42 Å². The van der Waals surface area contributed by atoms with Gasteiger partial charge in [0.1, 0.15) is 0 Å². The summed E-state index contributed by atoms with van der Waals surface area (Å²) in [6, 6.07) is 9.56. The average molecular weight is 219 g/mol. The Balaban J connectivity index is 2.83. The SMILES string of the molecule is CCNC(c1ccc(CC)cc1)C(C)CC. The van der Waals surface area contributed by atoms with Crippen molar-refractivity contribution in [3.05, 3.63) is 35.4 Å². The van der Waals surface area contributed by atoms with E-state index in [1.54, 1.807) is 0 Å². The fraction of sp³-hybridized carbons (Fsp3) is 0.600. The summed E-state index contributed by atoms with van der Waals surface area (Å²) in [5.74, 6) is 0.687. The van der Waals surface area contributed by atoms with Crippen molar-refractivity contribution in [2.24, 2.45) is 5.92 Å². The van der Waals surface area contributed by atoms with Gasteiger partial charge in [-0.2, -0.15) is 0 Å². The molecule has 0 heterocycles. The maximum absolute atomic E-state index is 3.59. The lowest BCUT2D eigenvalue weighted by Crippen LogP contribution is -2.26. The molecule has 1 rings (SSSR count). The molecular weight excluding hydrogens is 194 g/mol. The van der Waals surface area contributed by atoms with Crippen molar-refractivity contribution in [3.63, 3.8) is 0 Å². The fourth-order valence-electron chi connectivity index (χ4n) is 2.06. The molecule has 2 atom stereocenters. The van der Waals surface area contributed by atoms with E-state index in [9.17, 15) is 0 Å². The first-order chi connectivity index (χ1) is 7.72. The Kier molecular flexibility index (Phi) is 5.54. The Labute approximate surface area is 100 Å². The summed E-state index contributed by atoms with van der Waals surface area (Å²) >= 11 is 0. The van der Waals surface area contributed by atoms with E-state index in [1.807, 2.05) is 0 Å². The fourth-order valence-corrected chi connectivity index (χ4v) is 2.06. The predicted octanol–water partition coefficient (Wildman–Crippen LogP) is 3.95. The van der Waals surface area contributed by atoms with Gasteiger partial charge in [-0.3, -0.25) is 0 Å². The van der Waals surface area contributed by atoms with Crippen LogP contribution < -0.4 is 5.32 Å². The highest BCUT2D eigenvalue weighted by atomic mass is 14.9. The molecule has 0 spiro atoms. The van der Waals surface area contributed by atoms with Crippen molar-refractivity contribution in [1.29, 1.82) is 0 Å². The zero-order valence-corrected chi connectivity index (χ0v) is 11.1. The van der Waals surface area contributed by atoms with E-state index in [1.165, 1.54) is 17.5 Å². The summed E-state index contributed by atoms with van der Waals surface area (Å²) < 4.78 is 0. The number of hydrogen-bond acceptors (Lipinski definition) is 1. The summed E-state index contributed by atoms with van der Waals surface area (Å²) in [5, 5.41) is 3.59. The molecule has 0 fully saturated rings. The summed E-state index contributed by atoms with van der Waals surface area (Å²) in [6.45, 7) is 9.99. The van der Waals surface area contributed by atoms with Gasteiger partial charge in [-0.15, -0.1) is 0 Å². The summed E-state index contributed by atoms with van der Waals surface area (Å²) in [7, 11) is 0. The van der Waals surface area contributed by atoms with E-state index in [0.29, 0.717) is 12.0 Å². The van der Waals surface area contributed by atoms with E-state index in [2.05, 4.69) is 57.3 Å². The Bertz CT molecular complexity index is 289.